The minimum absolute atomic E-state index is 0.0159. The fourth-order valence-corrected chi connectivity index (χ4v) is 1.57. The van der Waals surface area contributed by atoms with Gasteiger partial charge in [0.1, 0.15) is 5.75 Å². The maximum Gasteiger partial charge on any atom is 0.263 e. The fraction of sp³-hybridized carbons (Fsp3) is 0.400. The van der Waals surface area contributed by atoms with Crippen molar-refractivity contribution in [2.45, 2.75) is 18.9 Å². The third-order valence-corrected chi connectivity index (χ3v) is 2.38. The number of hydrogen-bond acceptors (Lipinski definition) is 2. The van der Waals surface area contributed by atoms with Crippen LogP contribution in [0, 0.1) is 0 Å². The number of benzene rings is 1. The van der Waals surface area contributed by atoms with Gasteiger partial charge < -0.3 is 10.5 Å². The first-order chi connectivity index (χ1) is 6.68. The first-order valence-electron chi connectivity index (χ1n) is 4.49. The number of fused-ring (bicyclic) bond motifs is 1. The predicted molar refractivity (Wildman–Crippen MR) is 48.4 cm³/mol. The third-order valence-electron chi connectivity index (χ3n) is 2.38. The zero-order chi connectivity index (χ0) is 10.1. The predicted octanol–water partition coefficient (Wildman–Crippen LogP) is 2.41. The van der Waals surface area contributed by atoms with E-state index < -0.39 is 6.43 Å². The lowest BCUT2D eigenvalue weighted by Crippen LogP contribution is -2.20. The topological polar surface area (TPSA) is 35.2 Å². The number of hydrogen-bond donors (Lipinski definition) is 1. The number of halogens is 2. The summed E-state index contributed by atoms with van der Waals surface area (Å²) in [5, 5.41) is 0. The van der Waals surface area contributed by atoms with E-state index in [1.165, 1.54) is 12.1 Å². The van der Waals surface area contributed by atoms with Crippen LogP contribution in [0.5, 0.6) is 5.75 Å². The van der Waals surface area contributed by atoms with Crippen molar-refractivity contribution >= 4 is 0 Å². The Balaban J connectivity index is 2.39. The SMILES string of the molecule is N[C@H]1CCOc2cc(C(F)F)ccc21. The summed E-state index contributed by atoms with van der Waals surface area (Å²) in [6.07, 6.45) is -1.72. The molecule has 1 aromatic rings. The smallest absolute Gasteiger partial charge is 0.263 e. The lowest BCUT2D eigenvalue weighted by atomic mass is 10.00. The van der Waals surface area contributed by atoms with E-state index in [1.807, 2.05) is 0 Å². The molecule has 0 saturated heterocycles. The molecule has 0 fully saturated rings. The summed E-state index contributed by atoms with van der Waals surface area (Å²) in [5.41, 5.74) is 6.61. The second-order valence-corrected chi connectivity index (χ2v) is 3.34. The summed E-state index contributed by atoms with van der Waals surface area (Å²) in [5.74, 6) is 0.501. The molecule has 0 amide bonds. The molecule has 2 nitrogen and oxygen atoms in total. The zero-order valence-electron chi connectivity index (χ0n) is 7.54. The van der Waals surface area contributed by atoms with Crippen molar-refractivity contribution in [2.24, 2.45) is 5.73 Å². The molecule has 4 heteroatoms. The Labute approximate surface area is 80.7 Å². The molecule has 0 saturated carbocycles. The van der Waals surface area contributed by atoms with Crippen molar-refractivity contribution in [1.29, 1.82) is 0 Å². The third kappa shape index (κ3) is 1.57. The molecule has 2 rings (SSSR count). The summed E-state index contributed by atoms with van der Waals surface area (Å²) in [4.78, 5) is 0. The van der Waals surface area contributed by atoms with Crippen molar-refractivity contribution < 1.29 is 13.5 Å². The van der Waals surface area contributed by atoms with Gasteiger partial charge in [-0.25, -0.2) is 8.78 Å². The van der Waals surface area contributed by atoms with Gasteiger partial charge in [0, 0.05) is 23.6 Å². The van der Waals surface area contributed by atoms with E-state index in [0.717, 1.165) is 12.0 Å². The number of ether oxygens (including phenoxy) is 1. The van der Waals surface area contributed by atoms with Crippen LogP contribution < -0.4 is 10.5 Å². The Morgan fingerprint density at radius 3 is 2.93 bits per heavy atom. The Kier molecular flexibility index (Phi) is 2.37. The van der Waals surface area contributed by atoms with Gasteiger partial charge in [0.25, 0.3) is 6.43 Å². The highest BCUT2D eigenvalue weighted by atomic mass is 19.3. The van der Waals surface area contributed by atoms with Gasteiger partial charge in [-0.15, -0.1) is 0 Å². The van der Waals surface area contributed by atoms with E-state index in [2.05, 4.69) is 0 Å². The van der Waals surface area contributed by atoms with Crippen LogP contribution in [0.15, 0.2) is 18.2 Å². The van der Waals surface area contributed by atoms with Gasteiger partial charge in [-0.1, -0.05) is 12.1 Å². The van der Waals surface area contributed by atoms with Crippen molar-refractivity contribution in [3.8, 4) is 5.75 Å². The van der Waals surface area contributed by atoms with Crippen LogP contribution in [0.1, 0.15) is 30.0 Å². The molecule has 1 atom stereocenters. The van der Waals surface area contributed by atoms with Crippen LogP contribution in [0.25, 0.3) is 0 Å². The maximum atomic E-state index is 12.3. The standard InChI is InChI=1S/C10H11F2NO/c11-10(12)6-1-2-7-8(13)3-4-14-9(7)5-6/h1-2,5,8,10H,3-4,13H2/t8-/m0/s1. The highest BCUT2D eigenvalue weighted by Gasteiger charge is 2.19. The molecule has 0 unspecified atom stereocenters. The van der Waals surface area contributed by atoms with Crippen molar-refractivity contribution in [3.05, 3.63) is 29.3 Å². The van der Waals surface area contributed by atoms with E-state index in [0.29, 0.717) is 12.4 Å². The monoisotopic (exact) mass is 199 g/mol. The summed E-state index contributed by atoms with van der Waals surface area (Å²) in [6, 6.07) is 4.31. The molecule has 0 bridgehead atoms. The normalized spacial score (nSPS) is 20.4. The summed E-state index contributed by atoms with van der Waals surface area (Å²) in [6.45, 7) is 0.501. The minimum atomic E-state index is -2.46. The molecule has 2 N–H and O–H groups in total. The Morgan fingerprint density at radius 2 is 2.21 bits per heavy atom. The number of alkyl halides is 2. The van der Waals surface area contributed by atoms with Gasteiger partial charge in [-0.2, -0.15) is 0 Å². The molecule has 1 aliphatic heterocycles. The lowest BCUT2D eigenvalue weighted by molar-refractivity contribution is 0.150. The quantitative estimate of drug-likeness (QED) is 0.753. The van der Waals surface area contributed by atoms with Crippen molar-refractivity contribution in [3.63, 3.8) is 0 Å². The van der Waals surface area contributed by atoms with Crippen LogP contribution in [-0.2, 0) is 0 Å². The Morgan fingerprint density at radius 1 is 1.43 bits per heavy atom. The molecule has 0 aromatic heterocycles. The molecule has 1 heterocycles. The first kappa shape index (κ1) is 9.40. The highest BCUT2D eigenvalue weighted by molar-refractivity contribution is 5.41. The zero-order valence-corrected chi connectivity index (χ0v) is 7.54. The second-order valence-electron chi connectivity index (χ2n) is 3.34. The fourth-order valence-electron chi connectivity index (χ4n) is 1.57. The minimum Gasteiger partial charge on any atom is -0.493 e. The maximum absolute atomic E-state index is 12.3. The summed E-state index contributed by atoms with van der Waals surface area (Å²) < 4.78 is 30.0. The molecular formula is C10H11F2NO. The highest BCUT2D eigenvalue weighted by Crippen LogP contribution is 2.33. The van der Waals surface area contributed by atoms with Crippen LogP contribution in [0.4, 0.5) is 8.78 Å². The summed E-state index contributed by atoms with van der Waals surface area (Å²) >= 11 is 0. The van der Waals surface area contributed by atoms with Crippen LogP contribution in [0.3, 0.4) is 0 Å². The average Bonchev–Trinajstić information content (AvgIpc) is 2.17. The molecule has 14 heavy (non-hydrogen) atoms. The molecule has 1 aromatic carbocycles. The average molecular weight is 199 g/mol. The molecule has 1 aliphatic rings. The van der Waals surface area contributed by atoms with E-state index >= 15 is 0 Å². The number of rotatable bonds is 1. The molecule has 0 aliphatic carbocycles. The van der Waals surface area contributed by atoms with Crippen molar-refractivity contribution in [2.75, 3.05) is 6.61 Å². The number of nitrogens with two attached hydrogens (primary N) is 1. The first-order valence-corrected chi connectivity index (χ1v) is 4.49. The summed E-state index contributed by atoms with van der Waals surface area (Å²) in [7, 11) is 0. The second kappa shape index (κ2) is 3.53. The van der Waals surface area contributed by atoms with Crippen molar-refractivity contribution in [1.82, 2.24) is 0 Å². The van der Waals surface area contributed by atoms with E-state index in [-0.39, 0.29) is 11.6 Å². The molecular weight excluding hydrogens is 188 g/mol. The van der Waals surface area contributed by atoms with Gasteiger partial charge in [0.15, 0.2) is 0 Å². The van der Waals surface area contributed by atoms with E-state index in [1.54, 1.807) is 6.07 Å². The Bertz CT molecular complexity index is 341. The van der Waals surface area contributed by atoms with Crippen LogP contribution in [-0.4, -0.2) is 6.61 Å². The van der Waals surface area contributed by atoms with Gasteiger partial charge in [-0.3, -0.25) is 0 Å². The van der Waals surface area contributed by atoms with Crippen LogP contribution >= 0.6 is 0 Å². The van der Waals surface area contributed by atoms with Gasteiger partial charge >= 0.3 is 0 Å². The van der Waals surface area contributed by atoms with E-state index in [9.17, 15) is 8.78 Å². The van der Waals surface area contributed by atoms with E-state index in [4.69, 9.17) is 10.5 Å². The largest absolute Gasteiger partial charge is 0.493 e. The lowest BCUT2D eigenvalue weighted by Gasteiger charge is -2.23. The Hall–Kier alpha value is -1.16. The molecule has 76 valence electrons. The van der Waals surface area contributed by atoms with Crippen LogP contribution in [0.2, 0.25) is 0 Å². The van der Waals surface area contributed by atoms with Gasteiger partial charge in [-0.05, 0) is 6.07 Å². The van der Waals surface area contributed by atoms with Gasteiger partial charge in [0.2, 0.25) is 0 Å². The molecule has 0 spiro atoms. The van der Waals surface area contributed by atoms with Gasteiger partial charge in [0.05, 0.1) is 6.61 Å². The molecule has 0 radical (unpaired) electrons.